The molecule has 0 aliphatic rings. The largest absolute Gasteiger partial charge is 0.496 e. The van der Waals surface area contributed by atoms with Crippen molar-refractivity contribution in [2.75, 3.05) is 7.11 Å². The van der Waals surface area contributed by atoms with E-state index in [0.29, 0.717) is 0 Å². The van der Waals surface area contributed by atoms with E-state index in [1.807, 2.05) is 0 Å². The first-order valence-corrected chi connectivity index (χ1v) is 7.54. The van der Waals surface area contributed by atoms with Gasteiger partial charge >= 0.3 is 8.26 Å². The first-order chi connectivity index (χ1) is 7.15. The monoisotopic (exact) mass is 284 g/mol. The quantitative estimate of drug-likeness (QED) is 0.743. The molecule has 0 N–H and O–H groups in total. The van der Waals surface area contributed by atoms with Gasteiger partial charge in [0.15, 0.2) is 0 Å². The number of hydrogen-bond acceptors (Lipinski definition) is 3. The van der Waals surface area contributed by atoms with E-state index in [0.717, 1.165) is 5.75 Å². The van der Waals surface area contributed by atoms with Crippen molar-refractivity contribution in [1.29, 1.82) is 0 Å². The average molecular weight is 285 g/mol. The molecule has 0 aliphatic carbocycles. The SMILES string of the molecule is COc1cc(C)cc(C)c1C.O=S(=O)(Cl)Cl. The fourth-order valence-electron chi connectivity index (χ4n) is 1.21. The maximum absolute atomic E-state index is 9.16. The fraction of sp³-hybridized carbons (Fsp3) is 0.400. The summed E-state index contributed by atoms with van der Waals surface area (Å²) in [6, 6.07) is 4.22. The van der Waals surface area contributed by atoms with Crippen molar-refractivity contribution in [2.45, 2.75) is 20.8 Å². The summed E-state index contributed by atoms with van der Waals surface area (Å²) in [7, 11) is 6.52. The van der Waals surface area contributed by atoms with Gasteiger partial charge in [0, 0.05) is 21.4 Å². The molecule has 0 aromatic heterocycles. The van der Waals surface area contributed by atoms with Gasteiger partial charge in [-0.25, -0.2) is 0 Å². The number of rotatable bonds is 1. The summed E-state index contributed by atoms with van der Waals surface area (Å²) in [5, 5.41) is 0. The van der Waals surface area contributed by atoms with E-state index in [4.69, 9.17) is 13.2 Å². The number of hydrogen-bond donors (Lipinski definition) is 0. The van der Waals surface area contributed by atoms with Crippen molar-refractivity contribution in [3.05, 3.63) is 28.8 Å². The highest BCUT2D eigenvalue weighted by molar-refractivity contribution is 8.31. The van der Waals surface area contributed by atoms with Crippen LogP contribution in [0.2, 0.25) is 0 Å². The highest BCUT2D eigenvalue weighted by atomic mass is 36.0. The van der Waals surface area contributed by atoms with Gasteiger partial charge in [-0.3, -0.25) is 0 Å². The molecule has 0 saturated carbocycles. The lowest BCUT2D eigenvalue weighted by Crippen LogP contribution is -1.90. The van der Waals surface area contributed by atoms with Crippen LogP contribution in [0, 0.1) is 20.8 Å². The van der Waals surface area contributed by atoms with Crippen molar-refractivity contribution in [3.8, 4) is 5.75 Å². The van der Waals surface area contributed by atoms with E-state index in [2.05, 4.69) is 54.3 Å². The third kappa shape index (κ3) is 6.93. The molecule has 0 atom stereocenters. The van der Waals surface area contributed by atoms with E-state index in [9.17, 15) is 0 Å². The molecule has 0 fully saturated rings. The third-order valence-electron chi connectivity index (χ3n) is 1.98. The molecule has 0 saturated heterocycles. The van der Waals surface area contributed by atoms with E-state index in [1.165, 1.54) is 16.7 Å². The van der Waals surface area contributed by atoms with Crippen LogP contribution in [-0.2, 0) is 8.26 Å². The molecule has 1 rings (SSSR count). The van der Waals surface area contributed by atoms with Gasteiger partial charge in [0.1, 0.15) is 5.75 Å². The van der Waals surface area contributed by atoms with Crippen LogP contribution in [0.3, 0.4) is 0 Å². The Labute approximate surface area is 105 Å². The molecule has 0 unspecified atom stereocenters. The fourth-order valence-corrected chi connectivity index (χ4v) is 1.21. The number of ether oxygens (including phenoxy) is 1. The molecule has 92 valence electrons. The summed E-state index contributed by atoms with van der Waals surface area (Å²) in [5.74, 6) is 0.988. The van der Waals surface area contributed by atoms with Gasteiger partial charge < -0.3 is 4.74 Å². The molecule has 1 aromatic rings. The van der Waals surface area contributed by atoms with Gasteiger partial charge in [-0.1, -0.05) is 6.07 Å². The number of halogens is 2. The number of aryl methyl sites for hydroxylation is 2. The Morgan fingerprint density at radius 2 is 1.56 bits per heavy atom. The van der Waals surface area contributed by atoms with Gasteiger partial charge in [0.05, 0.1) is 7.11 Å². The van der Waals surface area contributed by atoms with E-state index in [-0.39, 0.29) is 0 Å². The van der Waals surface area contributed by atoms with Gasteiger partial charge in [0.25, 0.3) is 0 Å². The summed E-state index contributed by atoms with van der Waals surface area (Å²) in [6.07, 6.45) is 0. The van der Waals surface area contributed by atoms with Gasteiger partial charge in [-0.15, -0.1) is 0 Å². The molecule has 0 spiro atoms. The molecule has 1 aromatic carbocycles. The Bertz CT molecular complexity index is 447. The van der Waals surface area contributed by atoms with Gasteiger partial charge in [-0.2, -0.15) is 8.42 Å². The second-order valence-corrected chi connectivity index (χ2v) is 6.96. The number of methoxy groups -OCH3 is 1. The summed E-state index contributed by atoms with van der Waals surface area (Å²) < 4.78 is 23.5. The second-order valence-electron chi connectivity index (χ2n) is 3.29. The molecule has 0 amide bonds. The maximum Gasteiger partial charge on any atom is 0.317 e. The molecule has 0 heterocycles. The van der Waals surface area contributed by atoms with Crippen LogP contribution in [0.4, 0.5) is 0 Å². The minimum atomic E-state index is -3.72. The second kappa shape index (κ2) is 6.33. The smallest absolute Gasteiger partial charge is 0.317 e. The first kappa shape index (κ1) is 15.5. The third-order valence-corrected chi connectivity index (χ3v) is 1.98. The minimum absolute atomic E-state index is 0.988. The van der Waals surface area contributed by atoms with Crippen molar-refractivity contribution in [3.63, 3.8) is 0 Å². The Morgan fingerprint density at radius 1 is 1.12 bits per heavy atom. The van der Waals surface area contributed by atoms with Crippen molar-refractivity contribution < 1.29 is 13.2 Å². The summed E-state index contributed by atoms with van der Waals surface area (Å²) >= 11 is 0. The molecule has 3 nitrogen and oxygen atoms in total. The van der Waals surface area contributed by atoms with E-state index in [1.54, 1.807) is 7.11 Å². The van der Waals surface area contributed by atoms with Crippen LogP contribution < -0.4 is 4.74 Å². The van der Waals surface area contributed by atoms with Crippen LogP contribution >= 0.6 is 21.4 Å². The van der Waals surface area contributed by atoms with Crippen molar-refractivity contribution in [2.24, 2.45) is 0 Å². The zero-order chi connectivity index (χ0) is 12.9. The lowest BCUT2D eigenvalue weighted by molar-refractivity contribution is 0.411. The molecule has 0 aliphatic heterocycles. The molecular formula is C10H14Cl2O3S. The van der Waals surface area contributed by atoms with Crippen molar-refractivity contribution in [1.82, 2.24) is 0 Å². The Balaban J connectivity index is 0.000000385. The molecule has 0 radical (unpaired) electrons. The lowest BCUT2D eigenvalue weighted by atomic mass is 10.1. The highest BCUT2D eigenvalue weighted by Crippen LogP contribution is 2.22. The van der Waals surface area contributed by atoms with Crippen LogP contribution in [0.15, 0.2) is 12.1 Å². The molecular weight excluding hydrogens is 271 g/mol. The molecule has 6 heteroatoms. The summed E-state index contributed by atoms with van der Waals surface area (Å²) in [6.45, 7) is 6.26. The molecule has 0 bridgehead atoms. The van der Waals surface area contributed by atoms with Crippen LogP contribution in [0.5, 0.6) is 5.75 Å². The predicted molar refractivity (Wildman–Crippen MR) is 67.8 cm³/mol. The topological polar surface area (TPSA) is 43.4 Å². The van der Waals surface area contributed by atoms with Crippen LogP contribution in [0.25, 0.3) is 0 Å². The Kier molecular flexibility index (Phi) is 6.15. The van der Waals surface area contributed by atoms with Gasteiger partial charge in [0.2, 0.25) is 0 Å². The predicted octanol–water partition coefficient (Wildman–Crippen LogP) is 3.33. The van der Waals surface area contributed by atoms with Gasteiger partial charge in [-0.05, 0) is 43.5 Å². The zero-order valence-corrected chi connectivity index (χ0v) is 11.9. The lowest BCUT2D eigenvalue weighted by Gasteiger charge is -2.08. The Hall–Kier alpha value is -0.450. The first-order valence-electron chi connectivity index (χ1n) is 4.41. The van der Waals surface area contributed by atoms with E-state index < -0.39 is 8.26 Å². The van der Waals surface area contributed by atoms with Crippen LogP contribution in [0.1, 0.15) is 16.7 Å². The maximum atomic E-state index is 9.16. The van der Waals surface area contributed by atoms with Crippen molar-refractivity contribution >= 4 is 29.6 Å². The Morgan fingerprint density at radius 3 is 1.94 bits per heavy atom. The normalized spacial score (nSPS) is 10.4. The summed E-state index contributed by atoms with van der Waals surface area (Å²) in [4.78, 5) is 0. The summed E-state index contributed by atoms with van der Waals surface area (Å²) in [5.41, 5.74) is 3.78. The highest BCUT2D eigenvalue weighted by Gasteiger charge is 2.00. The minimum Gasteiger partial charge on any atom is -0.496 e. The van der Waals surface area contributed by atoms with E-state index >= 15 is 0 Å². The van der Waals surface area contributed by atoms with Crippen LogP contribution in [-0.4, -0.2) is 15.5 Å². The zero-order valence-electron chi connectivity index (χ0n) is 9.54. The molecule has 16 heavy (non-hydrogen) atoms. The standard InChI is InChI=1S/C10H14O.Cl2O2S/c1-7-5-8(2)9(3)10(6-7)11-4;1-5(2,3)4/h5-6H,1-4H3;. The number of benzene rings is 1. The average Bonchev–Trinajstić information content (AvgIpc) is 2.08.